The Hall–Kier alpha value is -1.66. The molecule has 0 spiro atoms. The van der Waals surface area contributed by atoms with Crippen molar-refractivity contribution in [2.45, 2.75) is 51.2 Å². The Balaban J connectivity index is 1.55. The van der Waals surface area contributed by atoms with E-state index in [-0.39, 0.29) is 11.8 Å². The third-order valence-corrected chi connectivity index (χ3v) is 6.32. The van der Waals surface area contributed by atoms with Gasteiger partial charge in [-0.25, -0.2) is 4.98 Å². The predicted octanol–water partition coefficient (Wildman–Crippen LogP) is 2.56. The van der Waals surface area contributed by atoms with Crippen molar-refractivity contribution >= 4 is 17.2 Å². The van der Waals surface area contributed by atoms with Gasteiger partial charge in [0.2, 0.25) is 5.91 Å². The van der Waals surface area contributed by atoms with Crippen LogP contribution in [0.4, 0.5) is 0 Å². The highest BCUT2D eigenvalue weighted by atomic mass is 32.1. The molecule has 0 unspecified atom stereocenters. The molecule has 0 saturated heterocycles. The zero-order chi connectivity index (χ0) is 16.7. The molecule has 2 aromatic rings. The molecule has 2 aliphatic rings. The summed E-state index contributed by atoms with van der Waals surface area (Å²) in [7, 11) is 1.99. The highest BCUT2D eigenvalue weighted by Crippen LogP contribution is 2.30. The summed E-state index contributed by atoms with van der Waals surface area (Å²) in [4.78, 5) is 21.1. The van der Waals surface area contributed by atoms with E-state index in [0.717, 1.165) is 43.9 Å². The van der Waals surface area contributed by atoms with Crippen LogP contribution >= 0.6 is 11.3 Å². The van der Waals surface area contributed by atoms with Crippen molar-refractivity contribution in [3.8, 4) is 0 Å². The number of imidazole rings is 1. The van der Waals surface area contributed by atoms with E-state index in [0.29, 0.717) is 6.04 Å². The summed E-state index contributed by atoms with van der Waals surface area (Å²) in [6.45, 7) is 4.64. The second-order valence-electron chi connectivity index (χ2n) is 7.07. The molecule has 1 aliphatic carbocycles. The Morgan fingerprint density at radius 2 is 2.29 bits per heavy atom. The van der Waals surface area contributed by atoms with E-state index in [4.69, 9.17) is 0 Å². The number of hydrogen-bond donors (Lipinski definition) is 1. The van der Waals surface area contributed by atoms with Crippen molar-refractivity contribution in [3.63, 3.8) is 0 Å². The topological polar surface area (TPSA) is 50.2 Å². The molecule has 128 valence electrons. The molecule has 4 rings (SSSR count). The average Bonchev–Trinajstić information content (AvgIpc) is 3.09. The van der Waals surface area contributed by atoms with Crippen LogP contribution in [0.3, 0.4) is 0 Å². The first-order valence-electron chi connectivity index (χ1n) is 8.67. The Morgan fingerprint density at radius 1 is 1.46 bits per heavy atom. The number of aromatic nitrogens is 2. The smallest absolute Gasteiger partial charge is 0.230 e. The number of fused-ring (bicyclic) bond motifs is 1. The van der Waals surface area contributed by atoms with Gasteiger partial charge in [0.05, 0.1) is 23.6 Å². The van der Waals surface area contributed by atoms with Crippen LogP contribution < -0.4 is 5.32 Å². The van der Waals surface area contributed by atoms with Gasteiger partial charge in [0.1, 0.15) is 0 Å². The molecule has 0 bridgehead atoms. The van der Waals surface area contributed by atoms with Crippen LogP contribution in [0.5, 0.6) is 0 Å². The SMILES string of the molecule is Cc1ccsc1CN1Cc2ncn(C)c2[C@@H](C(=O)NC2CCC2)C1. The fourth-order valence-electron chi connectivity index (χ4n) is 3.63. The van der Waals surface area contributed by atoms with Crippen LogP contribution in [0.25, 0.3) is 0 Å². The lowest BCUT2D eigenvalue weighted by Crippen LogP contribution is -2.46. The fraction of sp³-hybridized carbons (Fsp3) is 0.556. The first-order valence-corrected chi connectivity index (χ1v) is 9.55. The van der Waals surface area contributed by atoms with Crippen molar-refractivity contribution in [1.29, 1.82) is 0 Å². The first kappa shape index (κ1) is 15.8. The monoisotopic (exact) mass is 344 g/mol. The van der Waals surface area contributed by atoms with E-state index in [2.05, 4.69) is 33.6 Å². The summed E-state index contributed by atoms with van der Waals surface area (Å²) in [5.74, 6) is 0.0410. The fourth-order valence-corrected chi connectivity index (χ4v) is 4.58. The number of carbonyl (C=O) groups is 1. The van der Waals surface area contributed by atoms with E-state index in [9.17, 15) is 4.79 Å². The first-order chi connectivity index (χ1) is 11.6. The molecule has 3 heterocycles. The molecule has 0 aromatic carbocycles. The van der Waals surface area contributed by atoms with Gasteiger partial charge in [-0.3, -0.25) is 9.69 Å². The molecule has 0 radical (unpaired) electrons. The minimum absolute atomic E-state index is 0.123. The van der Waals surface area contributed by atoms with Crippen LogP contribution in [0.15, 0.2) is 17.8 Å². The zero-order valence-corrected chi connectivity index (χ0v) is 15.1. The maximum atomic E-state index is 12.9. The largest absolute Gasteiger partial charge is 0.353 e. The van der Waals surface area contributed by atoms with E-state index in [1.165, 1.54) is 16.9 Å². The van der Waals surface area contributed by atoms with Gasteiger partial charge in [-0.05, 0) is 43.2 Å². The van der Waals surface area contributed by atoms with Crippen LogP contribution in [0.2, 0.25) is 0 Å². The van der Waals surface area contributed by atoms with Gasteiger partial charge in [-0.15, -0.1) is 11.3 Å². The van der Waals surface area contributed by atoms with E-state index < -0.39 is 0 Å². The number of nitrogens with zero attached hydrogens (tertiary/aromatic N) is 3. The molecule has 1 N–H and O–H groups in total. The van der Waals surface area contributed by atoms with Crippen molar-refractivity contribution in [3.05, 3.63) is 39.6 Å². The third kappa shape index (κ3) is 2.89. The van der Waals surface area contributed by atoms with Crippen LogP contribution in [0.1, 0.15) is 47.0 Å². The summed E-state index contributed by atoms with van der Waals surface area (Å²) in [6, 6.07) is 2.54. The van der Waals surface area contributed by atoms with Crippen molar-refractivity contribution in [2.75, 3.05) is 6.54 Å². The maximum absolute atomic E-state index is 12.9. The molecule has 5 nitrogen and oxygen atoms in total. The molecule has 1 aliphatic heterocycles. The second kappa shape index (κ2) is 6.33. The quantitative estimate of drug-likeness (QED) is 0.927. The van der Waals surface area contributed by atoms with Gasteiger partial charge in [-0.2, -0.15) is 0 Å². The minimum Gasteiger partial charge on any atom is -0.353 e. The number of aryl methyl sites for hydroxylation is 2. The zero-order valence-electron chi connectivity index (χ0n) is 14.3. The second-order valence-corrected chi connectivity index (χ2v) is 8.07. The van der Waals surface area contributed by atoms with Crippen LogP contribution in [-0.4, -0.2) is 32.9 Å². The molecular weight excluding hydrogens is 320 g/mol. The highest BCUT2D eigenvalue weighted by molar-refractivity contribution is 7.10. The molecule has 2 aromatic heterocycles. The lowest BCUT2D eigenvalue weighted by molar-refractivity contribution is -0.124. The molecule has 1 saturated carbocycles. The molecule has 1 fully saturated rings. The highest BCUT2D eigenvalue weighted by Gasteiger charge is 2.35. The maximum Gasteiger partial charge on any atom is 0.230 e. The summed E-state index contributed by atoms with van der Waals surface area (Å²) in [5.41, 5.74) is 3.47. The molecule has 1 atom stereocenters. The number of carbonyl (C=O) groups excluding carboxylic acids is 1. The summed E-state index contributed by atoms with van der Waals surface area (Å²) >= 11 is 1.79. The summed E-state index contributed by atoms with van der Waals surface area (Å²) in [6.07, 6.45) is 5.31. The molecular formula is C18H24N4OS. The van der Waals surface area contributed by atoms with Crippen molar-refractivity contribution in [1.82, 2.24) is 19.8 Å². The van der Waals surface area contributed by atoms with Gasteiger partial charge >= 0.3 is 0 Å². The number of nitrogens with one attached hydrogen (secondary N) is 1. The third-order valence-electron chi connectivity index (χ3n) is 5.31. The lowest BCUT2D eigenvalue weighted by Gasteiger charge is -2.34. The van der Waals surface area contributed by atoms with Crippen molar-refractivity contribution < 1.29 is 4.79 Å². The predicted molar refractivity (Wildman–Crippen MR) is 94.9 cm³/mol. The Labute approximate surface area is 146 Å². The number of thiophene rings is 1. The Bertz CT molecular complexity index is 746. The molecule has 6 heteroatoms. The van der Waals surface area contributed by atoms with Gasteiger partial charge < -0.3 is 9.88 Å². The van der Waals surface area contributed by atoms with Gasteiger partial charge in [0.25, 0.3) is 0 Å². The van der Waals surface area contributed by atoms with E-state index in [1.54, 1.807) is 11.3 Å². The minimum atomic E-state index is -0.123. The molecule has 1 amide bonds. The summed E-state index contributed by atoms with van der Waals surface area (Å²) in [5, 5.41) is 5.37. The number of rotatable bonds is 4. The van der Waals surface area contributed by atoms with Crippen LogP contribution in [-0.2, 0) is 24.9 Å². The lowest BCUT2D eigenvalue weighted by atomic mass is 9.91. The Kier molecular flexibility index (Phi) is 4.18. The van der Waals surface area contributed by atoms with Gasteiger partial charge in [0.15, 0.2) is 0 Å². The molecule has 24 heavy (non-hydrogen) atoms. The van der Waals surface area contributed by atoms with E-state index >= 15 is 0 Å². The number of hydrogen-bond acceptors (Lipinski definition) is 4. The van der Waals surface area contributed by atoms with E-state index in [1.807, 2.05) is 17.9 Å². The summed E-state index contributed by atoms with van der Waals surface area (Å²) < 4.78 is 2.02. The number of amides is 1. The Morgan fingerprint density at radius 3 is 2.96 bits per heavy atom. The van der Waals surface area contributed by atoms with Gasteiger partial charge in [-0.1, -0.05) is 0 Å². The van der Waals surface area contributed by atoms with Crippen molar-refractivity contribution in [2.24, 2.45) is 7.05 Å². The van der Waals surface area contributed by atoms with Crippen LogP contribution in [0, 0.1) is 6.92 Å². The average molecular weight is 344 g/mol. The normalized spacial score (nSPS) is 21.3. The standard InChI is InChI=1S/C18H24N4OS/c1-12-6-7-24-16(12)10-22-8-14(18(23)20-13-4-3-5-13)17-15(9-22)19-11-21(17)2/h6-7,11,13-14H,3-5,8-10H2,1-2H3,(H,20,23)/t14-/m0/s1. The van der Waals surface area contributed by atoms with Gasteiger partial charge in [0, 0.05) is 37.6 Å².